The lowest BCUT2D eigenvalue weighted by Crippen LogP contribution is -2.31. The number of rotatable bonds is 7. The maximum atomic E-state index is 6.42. The Morgan fingerprint density at radius 1 is 1.10 bits per heavy atom. The SMILES string of the molecule is Cc1cc(C)cc(C(N)CCN(CC2CC2)C2CC2)c1. The van der Waals surface area contributed by atoms with E-state index < -0.39 is 0 Å². The lowest BCUT2D eigenvalue weighted by atomic mass is 9.99. The Morgan fingerprint density at radius 3 is 2.30 bits per heavy atom. The van der Waals surface area contributed by atoms with E-state index in [-0.39, 0.29) is 6.04 Å². The van der Waals surface area contributed by atoms with Gasteiger partial charge >= 0.3 is 0 Å². The fourth-order valence-corrected chi connectivity index (χ4v) is 3.19. The molecule has 1 unspecified atom stereocenters. The van der Waals surface area contributed by atoms with Crippen molar-refractivity contribution in [2.24, 2.45) is 11.7 Å². The van der Waals surface area contributed by atoms with Crippen molar-refractivity contribution < 1.29 is 0 Å². The summed E-state index contributed by atoms with van der Waals surface area (Å²) in [5.41, 5.74) is 10.4. The average Bonchev–Trinajstić information content (AvgIpc) is 3.25. The second kappa shape index (κ2) is 5.87. The number of hydrogen-bond acceptors (Lipinski definition) is 2. The van der Waals surface area contributed by atoms with Gasteiger partial charge in [0.25, 0.3) is 0 Å². The molecular weight excluding hydrogens is 244 g/mol. The van der Waals surface area contributed by atoms with Crippen molar-refractivity contribution in [3.63, 3.8) is 0 Å². The predicted molar refractivity (Wildman–Crippen MR) is 84.8 cm³/mol. The molecule has 0 amide bonds. The topological polar surface area (TPSA) is 29.3 Å². The van der Waals surface area contributed by atoms with E-state index in [2.05, 4.69) is 36.9 Å². The molecule has 3 rings (SSSR count). The second-order valence-corrected chi connectivity index (χ2v) is 6.99. The van der Waals surface area contributed by atoms with Crippen LogP contribution < -0.4 is 5.73 Å². The highest BCUT2D eigenvalue weighted by Gasteiger charge is 2.33. The Hall–Kier alpha value is -0.860. The first kappa shape index (κ1) is 14.1. The van der Waals surface area contributed by atoms with E-state index in [1.807, 2.05) is 0 Å². The molecular formula is C18H28N2. The fraction of sp³-hybridized carbons (Fsp3) is 0.667. The molecule has 0 spiro atoms. The van der Waals surface area contributed by atoms with Gasteiger partial charge in [-0.3, -0.25) is 0 Å². The van der Waals surface area contributed by atoms with Crippen LogP contribution in [0.4, 0.5) is 0 Å². The summed E-state index contributed by atoms with van der Waals surface area (Å²) in [7, 11) is 0. The molecule has 2 fully saturated rings. The summed E-state index contributed by atoms with van der Waals surface area (Å²) in [6.45, 7) is 6.82. The minimum absolute atomic E-state index is 0.189. The largest absolute Gasteiger partial charge is 0.324 e. The van der Waals surface area contributed by atoms with Crippen LogP contribution in [0.1, 0.15) is 54.8 Å². The van der Waals surface area contributed by atoms with Crippen LogP contribution in [0.15, 0.2) is 18.2 Å². The molecule has 1 aromatic carbocycles. The van der Waals surface area contributed by atoms with Crippen LogP contribution in [-0.2, 0) is 0 Å². The highest BCUT2D eigenvalue weighted by Crippen LogP contribution is 2.35. The molecule has 2 aliphatic rings. The van der Waals surface area contributed by atoms with Crippen molar-refractivity contribution in [1.29, 1.82) is 0 Å². The molecule has 0 radical (unpaired) electrons. The van der Waals surface area contributed by atoms with Crippen molar-refractivity contribution in [3.8, 4) is 0 Å². The summed E-state index contributed by atoms with van der Waals surface area (Å²) in [5, 5.41) is 0. The first-order chi connectivity index (χ1) is 9.61. The van der Waals surface area contributed by atoms with E-state index in [9.17, 15) is 0 Å². The molecule has 0 bridgehead atoms. The van der Waals surface area contributed by atoms with Crippen LogP contribution >= 0.6 is 0 Å². The molecule has 2 N–H and O–H groups in total. The molecule has 1 aromatic rings. The third-order valence-electron chi connectivity index (χ3n) is 4.65. The normalized spacial score (nSPS) is 20.4. The van der Waals surface area contributed by atoms with Crippen molar-refractivity contribution in [2.75, 3.05) is 13.1 Å². The summed E-state index contributed by atoms with van der Waals surface area (Å²) in [6.07, 6.45) is 6.81. The standard InChI is InChI=1S/C18H28N2/c1-13-9-14(2)11-16(10-13)18(19)7-8-20(17-5-6-17)12-15-3-4-15/h9-11,15,17-18H,3-8,12,19H2,1-2H3. The number of nitrogens with zero attached hydrogens (tertiary/aromatic N) is 1. The second-order valence-electron chi connectivity index (χ2n) is 6.99. The maximum Gasteiger partial charge on any atom is 0.0307 e. The molecule has 20 heavy (non-hydrogen) atoms. The third-order valence-corrected chi connectivity index (χ3v) is 4.65. The zero-order chi connectivity index (χ0) is 14.1. The molecule has 0 saturated heterocycles. The van der Waals surface area contributed by atoms with E-state index >= 15 is 0 Å². The van der Waals surface area contributed by atoms with Gasteiger partial charge in [0, 0.05) is 25.2 Å². The number of benzene rings is 1. The minimum atomic E-state index is 0.189. The van der Waals surface area contributed by atoms with Crippen molar-refractivity contribution in [2.45, 2.75) is 58.0 Å². The average molecular weight is 272 g/mol. The number of aryl methyl sites for hydroxylation is 2. The van der Waals surface area contributed by atoms with Crippen LogP contribution in [0.25, 0.3) is 0 Å². The van der Waals surface area contributed by atoms with Gasteiger partial charge in [-0.25, -0.2) is 0 Å². The molecule has 110 valence electrons. The molecule has 2 aliphatic carbocycles. The van der Waals surface area contributed by atoms with Gasteiger partial charge in [0.05, 0.1) is 0 Å². The summed E-state index contributed by atoms with van der Waals surface area (Å²) < 4.78 is 0. The summed E-state index contributed by atoms with van der Waals surface area (Å²) in [6, 6.07) is 7.79. The van der Waals surface area contributed by atoms with Crippen LogP contribution in [-0.4, -0.2) is 24.0 Å². The van der Waals surface area contributed by atoms with Crippen molar-refractivity contribution in [1.82, 2.24) is 4.90 Å². The molecule has 0 aromatic heterocycles. The summed E-state index contributed by atoms with van der Waals surface area (Å²) in [4.78, 5) is 2.71. The van der Waals surface area contributed by atoms with E-state index in [0.717, 1.165) is 18.4 Å². The van der Waals surface area contributed by atoms with E-state index in [4.69, 9.17) is 5.73 Å². The van der Waals surface area contributed by atoms with Crippen molar-refractivity contribution >= 4 is 0 Å². The Kier molecular flexibility index (Phi) is 4.13. The van der Waals surface area contributed by atoms with Gasteiger partial charge < -0.3 is 10.6 Å². The first-order valence-corrected chi connectivity index (χ1v) is 8.19. The molecule has 0 aliphatic heterocycles. The predicted octanol–water partition coefficient (Wildman–Crippen LogP) is 3.57. The Labute approximate surface area is 123 Å². The molecule has 2 heteroatoms. The number of nitrogens with two attached hydrogens (primary N) is 1. The molecule has 2 saturated carbocycles. The van der Waals surface area contributed by atoms with Crippen LogP contribution in [0.2, 0.25) is 0 Å². The van der Waals surface area contributed by atoms with Crippen LogP contribution in [0.5, 0.6) is 0 Å². The lowest BCUT2D eigenvalue weighted by Gasteiger charge is -2.24. The van der Waals surface area contributed by atoms with E-state index in [0.29, 0.717) is 0 Å². The van der Waals surface area contributed by atoms with Gasteiger partial charge in [-0.2, -0.15) is 0 Å². The van der Waals surface area contributed by atoms with E-state index in [1.165, 1.54) is 55.5 Å². The highest BCUT2D eigenvalue weighted by atomic mass is 15.2. The summed E-state index contributed by atoms with van der Waals surface area (Å²) in [5.74, 6) is 0.994. The van der Waals surface area contributed by atoms with Gasteiger partial charge in [0.1, 0.15) is 0 Å². The van der Waals surface area contributed by atoms with Gasteiger partial charge in [0.15, 0.2) is 0 Å². The smallest absolute Gasteiger partial charge is 0.0307 e. The third kappa shape index (κ3) is 3.83. The van der Waals surface area contributed by atoms with Crippen LogP contribution in [0, 0.1) is 19.8 Å². The molecule has 2 nitrogen and oxygen atoms in total. The highest BCUT2D eigenvalue weighted by molar-refractivity contribution is 5.30. The minimum Gasteiger partial charge on any atom is -0.324 e. The van der Waals surface area contributed by atoms with Gasteiger partial charge in [-0.15, -0.1) is 0 Å². The summed E-state index contributed by atoms with van der Waals surface area (Å²) >= 11 is 0. The van der Waals surface area contributed by atoms with Gasteiger partial charge in [-0.05, 0) is 57.4 Å². The zero-order valence-corrected chi connectivity index (χ0v) is 12.9. The molecule has 0 heterocycles. The zero-order valence-electron chi connectivity index (χ0n) is 12.9. The fourth-order valence-electron chi connectivity index (χ4n) is 3.19. The quantitative estimate of drug-likeness (QED) is 0.822. The van der Waals surface area contributed by atoms with Crippen molar-refractivity contribution in [3.05, 3.63) is 34.9 Å². The monoisotopic (exact) mass is 272 g/mol. The molecule has 1 atom stereocenters. The van der Waals surface area contributed by atoms with Crippen LogP contribution in [0.3, 0.4) is 0 Å². The Bertz CT molecular complexity index is 440. The Morgan fingerprint density at radius 2 is 1.75 bits per heavy atom. The number of hydrogen-bond donors (Lipinski definition) is 1. The first-order valence-electron chi connectivity index (χ1n) is 8.19. The maximum absolute atomic E-state index is 6.42. The van der Waals surface area contributed by atoms with Gasteiger partial charge in [0.2, 0.25) is 0 Å². The Balaban J connectivity index is 1.55. The van der Waals surface area contributed by atoms with E-state index in [1.54, 1.807) is 0 Å². The lowest BCUT2D eigenvalue weighted by molar-refractivity contribution is 0.243. The van der Waals surface area contributed by atoms with Gasteiger partial charge in [-0.1, -0.05) is 29.3 Å².